The molecule has 4 rings (SSSR count). The van der Waals surface area contributed by atoms with Crippen molar-refractivity contribution in [2.45, 2.75) is 32.4 Å². The van der Waals surface area contributed by atoms with E-state index in [2.05, 4.69) is 69.6 Å². The summed E-state index contributed by atoms with van der Waals surface area (Å²) in [4.78, 5) is 6.99. The van der Waals surface area contributed by atoms with E-state index in [-0.39, 0.29) is 6.04 Å². The van der Waals surface area contributed by atoms with Crippen molar-refractivity contribution in [2.24, 2.45) is 7.05 Å². The quantitative estimate of drug-likeness (QED) is 0.749. The maximum atomic E-state index is 5.55. The minimum Gasteiger partial charge on any atom is -0.338 e. The number of hydrogen-bond donors (Lipinski definition) is 1. The highest BCUT2D eigenvalue weighted by Crippen LogP contribution is 2.25. The number of rotatable bonds is 5. The third-order valence-electron chi connectivity index (χ3n) is 5.20. The number of aromatic nitrogens is 4. The van der Waals surface area contributed by atoms with Gasteiger partial charge in [0.1, 0.15) is 0 Å². The van der Waals surface area contributed by atoms with Crippen molar-refractivity contribution in [3.8, 4) is 11.4 Å². The molecule has 1 aromatic carbocycles. The number of benzene rings is 1. The second kappa shape index (κ2) is 7.62. The van der Waals surface area contributed by atoms with Crippen LogP contribution in [0.1, 0.15) is 43.0 Å². The van der Waals surface area contributed by atoms with Crippen LogP contribution in [0.4, 0.5) is 0 Å². The first-order chi connectivity index (χ1) is 13.1. The van der Waals surface area contributed by atoms with Crippen LogP contribution < -0.4 is 5.32 Å². The summed E-state index contributed by atoms with van der Waals surface area (Å²) in [5.74, 6) is 1.80. The number of hydrogen-bond acceptors (Lipinski definition) is 6. The normalized spacial score (nSPS) is 18.3. The number of nitrogens with zero attached hydrogens (tertiary/aromatic N) is 5. The van der Waals surface area contributed by atoms with Gasteiger partial charge < -0.3 is 9.84 Å². The van der Waals surface area contributed by atoms with E-state index in [9.17, 15) is 0 Å². The lowest BCUT2D eigenvalue weighted by molar-refractivity contribution is 0.130. The highest BCUT2D eigenvalue weighted by Gasteiger charge is 2.27. The molecule has 0 aliphatic carbocycles. The number of piperazine rings is 1. The number of aryl methyl sites for hydroxylation is 1. The summed E-state index contributed by atoms with van der Waals surface area (Å²) in [6, 6.07) is 10.7. The fourth-order valence-corrected chi connectivity index (χ4v) is 3.57. The second-order valence-corrected chi connectivity index (χ2v) is 7.36. The molecule has 1 N–H and O–H groups in total. The van der Waals surface area contributed by atoms with Crippen LogP contribution in [0.2, 0.25) is 0 Å². The Labute approximate surface area is 159 Å². The lowest BCUT2D eigenvalue weighted by Crippen LogP contribution is -2.46. The predicted molar refractivity (Wildman–Crippen MR) is 103 cm³/mol. The van der Waals surface area contributed by atoms with Crippen molar-refractivity contribution in [1.82, 2.24) is 30.1 Å². The molecule has 1 atom stereocenters. The zero-order valence-corrected chi connectivity index (χ0v) is 16.1. The maximum Gasteiger partial charge on any atom is 0.241 e. The largest absolute Gasteiger partial charge is 0.338 e. The molecular formula is C20H26N6O. The molecule has 3 heterocycles. The van der Waals surface area contributed by atoms with E-state index in [4.69, 9.17) is 4.52 Å². The second-order valence-electron chi connectivity index (χ2n) is 7.36. The Morgan fingerprint density at radius 3 is 2.74 bits per heavy atom. The van der Waals surface area contributed by atoms with E-state index in [1.807, 2.05) is 17.9 Å². The summed E-state index contributed by atoms with van der Waals surface area (Å²) in [6.45, 7) is 7.77. The van der Waals surface area contributed by atoms with Gasteiger partial charge in [0.25, 0.3) is 0 Å². The Bertz CT molecular complexity index is 882. The third kappa shape index (κ3) is 3.79. The van der Waals surface area contributed by atoms with Crippen molar-refractivity contribution in [1.29, 1.82) is 0 Å². The van der Waals surface area contributed by atoms with E-state index in [1.54, 1.807) is 0 Å². The Morgan fingerprint density at radius 2 is 2.04 bits per heavy atom. The van der Waals surface area contributed by atoms with Crippen LogP contribution in [0.3, 0.4) is 0 Å². The third-order valence-corrected chi connectivity index (χ3v) is 5.20. The molecule has 7 heteroatoms. The molecule has 1 unspecified atom stereocenters. The minimum absolute atomic E-state index is 0.243. The van der Waals surface area contributed by atoms with Crippen molar-refractivity contribution in [3.63, 3.8) is 0 Å². The molecule has 3 aromatic rings. The minimum atomic E-state index is 0.243. The van der Waals surface area contributed by atoms with Gasteiger partial charge in [0.2, 0.25) is 11.7 Å². The SMILES string of the molecule is CC(C)c1ccc(-c2noc(CN3CCNCC3c3ccnn3C)n2)cc1. The molecule has 1 saturated heterocycles. The standard InChI is InChI=1S/C20H26N6O/c1-14(2)15-4-6-16(7-5-15)20-23-19(27-24-20)13-26-11-10-21-12-18(26)17-8-9-22-25(17)3/h4-9,14,18,21H,10-13H2,1-3H3. The lowest BCUT2D eigenvalue weighted by atomic mass is 10.0. The van der Waals surface area contributed by atoms with Gasteiger partial charge in [-0.1, -0.05) is 43.3 Å². The summed E-state index contributed by atoms with van der Waals surface area (Å²) in [7, 11) is 1.98. The molecular weight excluding hydrogens is 340 g/mol. The van der Waals surface area contributed by atoms with Crippen LogP contribution in [0, 0.1) is 0 Å². The molecule has 142 valence electrons. The summed E-state index contributed by atoms with van der Waals surface area (Å²) in [5.41, 5.74) is 3.48. The fraction of sp³-hybridized carbons (Fsp3) is 0.450. The molecule has 27 heavy (non-hydrogen) atoms. The highest BCUT2D eigenvalue weighted by molar-refractivity contribution is 5.54. The van der Waals surface area contributed by atoms with Gasteiger partial charge in [-0.2, -0.15) is 10.1 Å². The molecule has 1 aliphatic rings. The Kier molecular flexibility index (Phi) is 5.05. The Hall–Kier alpha value is -2.51. The van der Waals surface area contributed by atoms with Gasteiger partial charge in [-0.15, -0.1) is 0 Å². The van der Waals surface area contributed by atoms with Crippen molar-refractivity contribution < 1.29 is 4.52 Å². The monoisotopic (exact) mass is 366 g/mol. The summed E-state index contributed by atoms with van der Waals surface area (Å²) >= 11 is 0. The fourth-order valence-electron chi connectivity index (χ4n) is 3.57. The van der Waals surface area contributed by atoms with E-state index >= 15 is 0 Å². The lowest BCUT2D eigenvalue weighted by Gasteiger charge is -2.35. The molecule has 0 amide bonds. The first kappa shape index (κ1) is 17.9. The van der Waals surface area contributed by atoms with E-state index < -0.39 is 0 Å². The van der Waals surface area contributed by atoms with Crippen LogP contribution in [0.5, 0.6) is 0 Å². The first-order valence-corrected chi connectivity index (χ1v) is 9.47. The van der Waals surface area contributed by atoms with Gasteiger partial charge in [-0.25, -0.2) is 0 Å². The average molecular weight is 366 g/mol. The van der Waals surface area contributed by atoms with Crippen LogP contribution >= 0.6 is 0 Å². The van der Waals surface area contributed by atoms with Crippen molar-refractivity contribution in [3.05, 3.63) is 53.7 Å². The van der Waals surface area contributed by atoms with Gasteiger partial charge in [-0.3, -0.25) is 9.58 Å². The number of nitrogens with one attached hydrogen (secondary N) is 1. The van der Waals surface area contributed by atoms with Crippen molar-refractivity contribution >= 4 is 0 Å². The van der Waals surface area contributed by atoms with Gasteiger partial charge >= 0.3 is 0 Å². The summed E-state index contributed by atoms with van der Waals surface area (Å²) in [6.07, 6.45) is 1.84. The topological polar surface area (TPSA) is 72.0 Å². The highest BCUT2D eigenvalue weighted by atomic mass is 16.5. The van der Waals surface area contributed by atoms with Crippen LogP contribution in [-0.4, -0.2) is 44.5 Å². The van der Waals surface area contributed by atoms with Gasteiger partial charge in [0.05, 0.1) is 18.3 Å². The van der Waals surface area contributed by atoms with E-state index in [0.717, 1.165) is 25.2 Å². The van der Waals surface area contributed by atoms with Crippen LogP contribution in [-0.2, 0) is 13.6 Å². The summed E-state index contributed by atoms with van der Waals surface area (Å²) < 4.78 is 7.48. The van der Waals surface area contributed by atoms with Crippen molar-refractivity contribution in [2.75, 3.05) is 19.6 Å². The first-order valence-electron chi connectivity index (χ1n) is 9.47. The molecule has 7 nitrogen and oxygen atoms in total. The average Bonchev–Trinajstić information content (AvgIpc) is 3.31. The predicted octanol–water partition coefficient (Wildman–Crippen LogP) is 2.74. The Balaban J connectivity index is 1.50. The van der Waals surface area contributed by atoms with Crippen LogP contribution in [0.15, 0.2) is 41.1 Å². The van der Waals surface area contributed by atoms with Gasteiger partial charge in [0.15, 0.2) is 0 Å². The molecule has 0 saturated carbocycles. The zero-order valence-electron chi connectivity index (χ0n) is 16.1. The molecule has 0 bridgehead atoms. The Morgan fingerprint density at radius 1 is 1.22 bits per heavy atom. The van der Waals surface area contributed by atoms with E-state index in [1.165, 1.54) is 11.3 Å². The maximum absolute atomic E-state index is 5.55. The molecule has 0 spiro atoms. The molecule has 1 aliphatic heterocycles. The molecule has 0 radical (unpaired) electrons. The smallest absolute Gasteiger partial charge is 0.241 e. The zero-order chi connectivity index (χ0) is 18.8. The molecule has 1 fully saturated rings. The van der Waals surface area contributed by atoms with Gasteiger partial charge in [0, 0.05) is 38.4 Å². The van der Waals surface area contributed by atoms with E-state index in [0.29, 0.717) is 24.2 Å². The molecule has 2 aromatic heterocycles. The summed E-state index contributed by atoms with van der Waals surface area (Å²) in [5, 5.41) is 12.0. The van der Waals surface area contributed by atoms with Crippen LogP contribution in [0.25, 0.3) is 11.4 Å². The van der Waals surface area contributed by atoms with Gasteiger partial charge in [-0.05, 0) is 17.5 Å².